The van der Waals surface area contributed by atoms with Gasteiger partial charge in [0.1, 0.15) is 0 Å². The molecule has 1 aromatic heterocycles. The fraction of sp³-hybridized carbons (Fsp3) is 0.818. The number of aliphatic imine (C=N–C) groups is 1. The molecule has 0 spiro atoms. The molecule has 0 unspecified atom stereocenters. The summed E-state index contributed by atoms with van der Waals surface area (Å²) in [5.74, 6) is 1.81. The van der Waals surface area contributed by atoms with Crippen LogP contribution in [0.15, 0.2) is 4.99 Å². The molecule has 1 aliphatic carbocycles. The molecular formula is C22H40IN5O. The first-order valence-corrected chi connectivity index (χ1v) is 11.3. The number of guanidine groups is 1. The van der Waals surface area contributed by atoms with E-state index in [4.69, 9.17) is 4.74 Å². The van der Waals surface area contributed by atoms with Gasteiger partial charge in [0.2, 0.25) is 0 Å². The van der Waals surface area contributed by atoms with Gasteiger partial charge in [-0.25, -0.2) is 0 Å². The van der Waals surface area contributed by atoms with Gasteiger partial charge < -0.3 is 15.0 Å². The van der Waals surface area contributed by atoms with Crippen molar-refractivity contribution >= 4 is 29.9 Å². The van der Waals surface area contributed by atoms with Gasteiger partial charge in [-0.15, -0.1) is 24.0 Å². The lowest BCUT2D eigenvalue weighted by Crippen LogP contribution is -2.47. The number of rotatable bonds is 7. The molecule has 7 heteroatoms. The molecule has 3 rings (SSSR count). The summed E-state index contributed by atoms with van der Waals surface area (Å²) in [6, 6.07) is 0. The van der Waals surface area contributed by atoms with Crippen LogP contribution in [-0.4, -0.2) is 53.5 Å². The molecule has 2 heterocycles. The molecule has 1 saturated heterocycles. The topological polar surface area (TPSA) is 54.7 Å². The molecule has 0 bridgehead atoms. The van der Waals surface area contributed by atoms with Gasteiger partial charge in [-0.05, 0) is 44.4 Å². The maximum absolute atomic E-state index is 6.22. The van der Waals surface area contributed by atoms with Gasteiger partial charge in [-0.2, -0.15) is 5.10 Å². The van der Waals surface area contributed by atoms with E-state index in [0.29, 0.717) is 6.10 Å². The molecule has 166 valence electrons. The minimum absolute atomic E-state index is 0. The number of hydrogen-bond donors (Lipinski definition) is 1. The van der Waals surface area contributed by atoms with Crippen LogP contribution in [0.1, 0.15) is 69.3 Å². The van der Waals surface area contributed by atoms with E-state index in [1.54, 1.807) is 0 Å². The Labute approximate surface area is 193 Å². The normalized spacial score (nSPS) is 18.9. The molecule has 0 atom stereocenters. The van der Waals surface area contributed by atoms with Gasteiger partial charge in [0.25, 0.3) is 0 Å². The van der Waals surface area contributed by atoms with Crippen molar-refractivity contribution in [3.05, 3.63) is 17.0 Å². The van der Waals surface area contributed by atoms with Crippen molar-refractivity contribution in [3.8, 4) is 0 Å². The van der Waals surface area contributed by atoms with Gasteiger partial charge in [0.05, 0.1) is 11.8 Å². The molecular weight excluding hydrogens is 477 g/mol. The Morgan fingerprint density at radius 2 is 1.83 bits per heavy atom. The van der Waals surface area contributed by atoms with Crippen LogP contribution in [0.4, 0.5) is 0 Å². The Balaban J connectivity index is 0.00000300. The van der Waals surface area contributed by atoms with Crippen LogP contribution in [0.25, 0.3) is 0 Å². The molecule has 1 saturated carbocycles. The van der Waals surface area contributed by atoms with Crippen molar-refractivity contribution in [3.63, 3.8) is 0 Å². The molecule has 2 fully saturated rings. The molecule has 6 nitrogen and oxygen atoms in total. The van der Waals surface area contributed by atoms with E-state index in [1.807, 2.05) is 18.8 Å². The number of nitrogens with one attached hydrogen (secondary N) is 1. The molecule has 1 N–H and O–H groups in total. The highest BCUT2D eigenvalue weighted by atomic mass is 127. The predicted octanol–water partition coefficient (Wildman–Crippen LogP) is 3.91. The third-order valence-electron chi connectivity index (χ3n) is 6.45. The maximum atomic E-state index is 6.22. The highest BCUT2D eigenvalue weighted by molar-refractivity contribution is 14.0. The zero-order chi connectivity index (χ0) is 19.9. The van der Waals surface area contributed by atoms with Crippen LogP contribution in [0, 0.1) is 5.92 Å². The largest absolute Gasteiger partial charge is 0.378 e. The minimum atomic E-state index is 0. The van der Waals surface area contributed by atoms with Crippen LogP contribution < -0.4 is 5.32 Å². The van der Waals surface area contributed by atoms with Gasteiger partial charge in [0.15, 0.2) is 5.96 Å². The molecule has 1 aromatic rings. The first-order chi connectivity index (χ1) is 13.7. The van der Waals surface area contributed by atoms with E-state index in [9.17, 15) is 0 Å². The lowest BCUT2D eigenvalue weighted by atomic mass is 10.1. The summed E-state index contributed by atoms with van der Waals surface area (Å²) in [5.41, 5.74) is 3.85. The third-order valence-corrected chi connectivity index (χ3v) is 6.45. The Bertz CT molecular complexity index is 646. The standard InChI is InChI=1S/C22H39N5O.HI/c1-5-20-19(21(6-2)26(4)25-20)15-24-22(23-3)27-13-11-18(12-14-27)28-16-17-9-7-8-10-17;/h17-18H,5-16H2,1-4H3,(H,23,24);1H. The van der Waals surface area contributed by atoms with E-state index in [1.165, 1.54) is 42.6 Å². The van der Waals surface area contributed by atoms with Gasteiger partial charge in [0, 0.05) is 51.6 Å². The third kappa shape index (κ3) is 6.32. The number of nitrogens with zero attached hydrogens (tertiary/aromatic N) is 4. The van der Waals surface area contributed by atoms with Crippen LogP contribution in [0.5, 0.6) is 0 Å². The number of aryl methyl sites for hydroxylation is 2. The van der Waals surface area contributed by atoms with Gasteiger partial charge in [-0.3, -0.25) is 9.67 Å². The maximum Gasteiger partial charge on any atom is 0.193 e. The summed E-state index contributed by atoms with van der Waals surface area (Å²) in [6.07, 6.45) is 10.1. The van der Waals surface area contributed by atoms with Crippen LogP contribution in [0.3, 0.4) is 0 Å². The second-order valence-corrected chi connectivity index (χ2v) is 8.27. The van der Waals surface area contributed by atoms with Crippen molar-refractivity contribution in [2.24, 2.45) is 18.0 Å². The van der Waals surface area contributed by atoms with Crippen LogP contribution in [-0.2, 0) is 31.2 Å². The van der Waals surface area contributed by atoms with Crippen molar-refractivity contribution in [2.45, 2.75) is 77.9 Å². The molecule has 0 amide bonds. The van der Waals surface area contributed by atoms with Crippen LogP contribution >= 0.6 is 24.0 Å². The Morgan fingerprint density at radius 1 is 1.14 bits per heavy atom. The summed E-state index contributed by atoms with van der Waals surface area (Å²) in [4.78, 5) is 6.92. The first kappa shape index (κ1) is 24.4. The van der Waals surface area contributed by atoms with Crippen molar-refractivity contribution < 1.29 is 4.74 Å². The fourth-order valence-electron chi connectivity index (χ4n) is 4.78. The quantitative estimate of drug-likeness (QED) is 0.339. The zero-order valence-corrected chi connectivity index (χ0v) is 21.1. The first-order valence-electron chi connectivity index (χ1n) is 11.3. The van der Waals surface area contributed by atoms with Gasteiger partial charge in [-0.1, -0.05) is 26.7 Å². The van der Waals surface area contributed by atoms with E-state index < -0.39 is 0 Å². The van der Waals surface area contributed by atoms with Crippen molar-refractivity contribution in [1.29, 1.82) is 0 Å². The summed E-state index contributed by atoms with van der Waals surface area (Å²) in [5, 5.41) is 8.28. The zero-order valence-electron chi connectivity index (χ0n) is 18.7. The molecule has 1 aliphatic heterocycles. The average molecular weight is 518 g/mol. The number of hydrogen-bond acceptors (Lipinski definition) is 3. The minimum Gasteiger partial charge on any atom is -0.378 e. The fourth-order valence-corrected chi connectivity index (χ4v) is 4.78. The SMILES string of the molecule is CCc1nn(C)c(CC)c1CNC(=NC)N1CCC(OCC2CCCC2)CC1.I. The Kier molecular flexibility index (Phi) is 10.2. The predicted molar refractivity (Wildman–Crippen MR) is 130 cm³/mol. The Hall–Kier alpha value is -0.830. The summed E-state index contributed by atoms with van der Waals surface area (Å²) in [7, 11) is 3.93. The van der Waals surface area contributed by atoms with E-state index in [0.717, 1.165) is 63.8 Å². The lowest BCUT2D eigenvalue weighted by Gasteiger charge is -2.34. The van der Waals surface area contributed by atoms with Crippen molar-refractivity contribution in [2.75, 3.05) is 26.7 Å². The number of aromatic nitrogens is 2. The number of likely N-dealkylation sites (tertiary alicyclic amines) is 1. The summed E-state index contributed by atoms with van der Waals surface area (Å²) >= 11 is 0. The molecule has 29 heavy (non-hydrogen) atoms. The lowest BCUT2D eigenvalue weighted by molar-refractivity contribution is 0.00101. The molecule has 2 aliphatic rings. The van der Waals surface area contributed by atoms with E-state index in [-0.39, 0.29) is 24.0 Å². The van der Waals surface area contributed by atoms with Crippen molar-refractivity contribution in [1.82, 2.24) is 20.0 Å². The van der Waals surface area contributed by atoms with Gasteiger partial charge >= 0.3 is 0 Å². The summed E-state index contributed by atoms with van der Waals surface area (Å²) in [6.45, 7) is 8.18. The number of halogens is 1. The number of ether oxygens (including phenoxy) is 1. The van der Waals surface area contributed by atoms with E-state index in [2.05, 4.69) is 34.2 Å². The molecule has 0 aromatic carbocycles. The smallest absolute Gasteiger partial charge is 0.193 e. The van der Waals surface area contributed by atoms with Crippen LogP contribution in [0.2, 0.25) is 0 Å². The molecule has 0 radical (unpaired) electrons. The summed E-state index contributed by atoms with van der Waals surface area (Å²) < 4.78 is 8.26. The van der Waals surface area contributed by atoms with E-state index >= 15 is 0 Å². The highest BCUT2D eigenvalue weighted by Gasteiger charge is 2.24. The second-order valence-electron chi connectivity index (χ2n) is 8.27. The Morgan fingerprint density at radius 3 is 2.41 bits per heavy atom. The average Bonchev–Trinajstić information content (AvgIpc) is 3.35. The monoisotopic (exact) mass is 517 g/mol. The highest BCUT2D eigenvalue weighted by Crippen LogP contribution is 2.26. The number of piperidine rings is 1. The second kappa shape index (κ2) is 12.1.